The minimum atomic E-state index is -3.69. The summed E-state index contributed by atoms with van der Waals surface area (Å²) in [6.45, 7) is 5.74. The summed E-state index contributed by atoms with van der Waals surface area (Å²) >= 11 is 18.4. The molecule has 0 spiro atoms. The fourth-order valence-electron chi connectivity index (χ4n) is 3.54. The molecule has 0 saturated heterocycles. The first-order valence-corrected chi connectivity index (χ1v) is 14.6. The fraction of sp³-hybridized carbons (Fsp3) is 0.440. The van der Waals surface area contributed by atoms with E-state index >= 15 is 0 Å². The third kappa shape index (κ3) is 8.83. The molecule has 2 aromatic rings. The van der Waals surface area contributed by atoms with Crippen LogP contribution in [0.2, 0.25) is 15.1 Å². The van der Waals surface area contributed by atoms with Crippen molar-refractivity contribution >= 4 is 62.3 Å². The van der Waals surface area contributed by atoms with Crippen molar-refractivity contribution in [3.8, 4) is 0 Å². The van der Waals surface area contributed by atoms with Gasteiger partial charge in [-0.3, -0.25) is 13.9 Å². The second kappa shape index (κ2) is 13.5. The molecule has 0 saturated carbocycles. The molecule has 198 valence electrons. The van der Waals surface area contributed by atoms with E-state index in [-0.39, 0.29) is 54.5 Å². The lowest BCUT2D eigenvalue weighted by Gasteiger charge is -2.30. The summed E-state index contributed by atoms with van der Waals surface area (Å²) in [6, 6.07) is 10.9. The Hall–Kier alpha value is -2.00. The van der Waals surface area contributed by atoms with Crippen molar-refractivity contribution in [2.75, 3.05) is 17.1 Å². The molecule has 0 radical (unpaired) electrons. The van der Waals surface area contributed by atoms with Gasteiger partial charge in [0.05, 0.1) is 17.0 Å². The molecule has 36 heavy (non-hydrogen) atoms. The molecule has 0 aliphatic heterocycles. The topological polar surface area (TPSA) is 86.8 Å². The zero-order valence-corrected chi connectivity index (χ0v) is 23.9. The predicted molar refractivity (Wildman–Crippen MR) is 147 cm³/mol. The highest BCUT2D eigenvalue weighted by atomic mass is 35.5. The summed E-state index contributed by atoms with van der Waals surface area (Å²) in [4.78, 5) is 27.6. The molecule has 2 aromatic carbocycles. The zero-order valence-electron chi connectivity index (χ0n) is 20.8. The normalized spacial score (nSPS) is 13.1. The Kier molecular flexibility index (Phi) is 11.3. The average molecular weight is 577 g/mol. The van der Waals surface area contributed by atoms with Crippen molar-refractivity contribution in [3.05, 3.63) is 63.1 Å². The van der Waals surface area contributed by atoms with Gasteiger partial charge in [-0.15, -0.1) is 0 Å². The van der Waals surface area contributed by atoms with Crippen molar-refractivity contribution in [3.63, 3.8) is 0 Å². The van der Waals surface area contributed by atoms with Gasteiger partial charge in [-0.25, -0.2) is 8.42 Å². The summed E-state index contributed by atoms with van der Waals surface area (Å²) in [5.74, 6) is -0.546. The number of carbonyl (C=O) groups excluding carboxylic acids is 2. The van der Waals surface area contributed by atoms with E-state index in [4.69, 9.17) is 34.8 Å². The number of carbonyl (C=O) groups is 2. The van der Waals surface area contributed by atoms with Crippen molar-refractivity contribution < 1.29 is 18.0 Å². The van der Waals surface area contributed by atoms with Crippen LogP contribution in [-0.2, 0) is 26.2 Å². The predicted octanol–water partition coefficient (Wildman–Crippen LogP) is 5.53. The Morgan fingerprint density at radius 3 is 2.31 bits per heavy atom. The third-order valence-electron chi connectivity index (χ3n) is 5.74. The smallest absolute Gasteiger partial charge is 0.242 e. The standard InChI is InChI=1S/C25H32Cl3N3O4S/c1-5-17(2)29-25(33)18(3)30(16-19-8-6-9-20(26)14-19)24(32)10-7-13-31(36(4,34)35)23-15-21(27)11-12-22(23)28/h6,8-9,11-12,14-15,17-18H,5,7,10,13,16H2,1-4H3,(H,29,33). The number of amides is 2. The molecule has 0 aliphatic carbocycles. The van der Waals surface area contributed by atoms with Gasteiger partial charge in [-0.05, 0) is 62.6 Å². The number of rotatable bonds is 12. The average Bonchev–Trinajstić information content (AvgIpc) is 2.80. The summed E-state index contributed by atoms with van der Waals surface area (Å²) in [6.07, 6.45) is 2.05. The van der Waals surface area contributed by atoms with E-state index < -0.39 is 16.1 Å². The Balaban J connectivity index is 2.21. The van der Waals surface area contributed by atoms with E-state index in [0.717, 1.165) is 22.5 Å². The number of sulfonamides is 1. The second-order valence-electron chi connectivity index (χ2n) is 8.68. The summed E-state index contributed by atoms with van der Waals surface area (Å²) in [7, 11) is -3.69. The first-order chi connectivity index (χ1) is 16.8. The van der Waals surface area contributed by atoms with Gasteiger partial charge in [0.1, 0.15) is 6.04 Å². The van der Waals surface area contributed by atoms with Crippen LogP contribution in [0.4, 0.5) is 5.69 Å². The third-order valence-corrected chi connectivity index (χ3v) is 7.71. The van der Waals surface area contributed by atoms with E-state index in [1.807, 2.05) is 19.9 Å². The largest absolute Gasteiger partial charge is 0.352 e. The second-order valence-corrected chi connectivity index (χ2v) is 11.9. The van der Waals surface area contributed by atoms with Crippen molar-refractivity contribution in [1.82, 2.24) is 10.2 Å². The highest BCUT2D eigenvalue weighted by Gasteiger charge is 2.27. The monoisotopic (exact) mass is 575 g/mol. The van der Waals surface area contributed by atoms with Crippen LogP contribution in [0, 0.1) is 0 Å². The lowest BCUT2D eigenvalue weighted by Crippen LogP contribution is -2.49. The van der Waals surface area contributed by atoms with Crippen molar-refractivity contribution in [2.45, 2.75) is 58.7 Å². The minimum absolute atomic E-state index is 0.0170. The lowest BCUT2D eigenvalue weighted by molar-refractivity contribution is -0.140. The molecule has 2 amide bonds. The van der Waals surface area contributed by atoms with Crippen LogP contribution < -0.4 is 9.62 Å². The van der Waals surface area contributed by atoms with Crippen LogP contribution in [0.3, 0.4) is 0 Å². The molecule has 0 aliphatic rings. The molecule has 0 bridgehead atoms. The molecule has 2 unspecified atom stereocenters. The Bertz CT molecular complexity index is 1180. The van der Waals surface area contributed by atoms with Gasteiger partial charge in [-0.2, -0.15) is 0 Å². The van der Waals surface area contributed by atoms with E-state index in [2.05, 4.69) is 5.32 Å². The van der Waals surface area contributed by atoms with Crippen LogP contribution >= 0.6 is 34.8 Å². The maximum atomic E-state index is 13.3. The molecular weight excluding hydrogens is 545 g/mol. The SMILES string of the molecule is CCC(C)NC(=O)C(C)N(Cc1cccc(Cl)c1)C(=O)CCCN(c1cc(Cl)ccc1Cl)S(C)(=O)=O. The Labute approximate surface area is 228 Å². The van der Waals surface area contributed by atoms with E-state index in [1.165, 1.54) is 17.0 Å². The number of halogens is 3. The quantitative estimate of drug-likeness (QED) is 0.360. The molecule has 11 heteroatoms. The number of nitrogens with one attached hydrogen (secondary N) is 1. The van der Waals surface area contributed by atoms with Crippen molar-refractivity contribution in [1.29, 1.82) is 0 Å². The van der Waals surface area contributed by atoms with Gasteiger partial charge < -0.3 is 10.2 Å². The van der Waals surface area contributed by atoms with Gasteiger partial charge in [0.15, 0.2) is 0 Å². The number of anilines is 1. The van der Waals surface area contributed by atoms with Gasteiger partial charge in [0, 0.05) is 35.6 Å². The zero-order chi connectivity index (χ0) is 27.0. The van der Waals surface area contributed by atoms with Crippen LogP contribution in [0.25, 0.3) is 0 Å². The molecule has 1 N–H and O–H groups in total. The Morgan fingerprint density at radius 1 is 1.03 bits per heavy atom. The summed E-state index contributed by atoms with van der Waals surface area (Å²) in [5, 5.41) is 4.01. The molecular formula is C25H32Cl3N3O4S. The number of benzene rings is 2. The molecule has 2 atom stereocenters. The molecule has 0 heterocycles. The van der Waals surface area contributed by atoms with Gasteiger partial charge >= 0.3 is 0 Å². The van der Waals surface area contributed by atoms with E-state index in [0.29, 0.717) is 10.0 Å². The number of hydrogen-bond donors (Lipinski definition) is 1. The summed E-state index contributed by atoms with van der Waals surface area (Å²) in [5.41, 5.74) is 1.03. The number of hydrogen-bond acceptors (Lipinski definition) is 4. The van der Waals surface area contributed by atoms with E-state index in [1.54, 1.807) is 31.2 Å². The highest BCUT2D eigenvalue weighted by Crippen LogP contribution is 2.31. The molecule has 0 fully saturated rings. The van der Waals surface area contributed by atoms with Gasteiger partial charge in [0.25, 0.3) is 0 Å². The van der Waals surface area contributed by atoms with Gasteiger partial charge in [-0.1, -0.05) is 53.9 Å². The maximum absolute atomic E-state index is 13.3. The van der Waals surface area contributed by atoms with E-state index in [9.17, 15) is 18.0 Å². The molecule has 2 rings (SSSR count). The summed E-state index contributed by atoms with van der Waals surface area (Å²) < 4.78 is 26.1. The van der Waals surface area contributed by atoms with Crippen molar-refractivity contribution in [2.24, 2.45) is 0 Å². The fourth-order valence-corrected chi connectivity index (χ4v) is 5.16. The van der Waals surface area contributed by atoms with Crippen LogP contribution in [-0.4, -0.2) is 50.0 Å². The van der Waals surface area contributed by atoms with Crippen LogP contribution in [0.5, 0.6) is 0 Å². The minimum Gasteiger partial charge on any atom is -0.352 e. The van der Waals surface area contributed by atoms with Crippen LogP contribution in [0.15, 0.2) is 42.5 Å². The molecule has 0 aromatic heterocycles. The highest BCUT2D eigenvalue weighted by molar-refractivity contribution is 7.92. The first-order valence-electron chi connectivity index (χ1n) is 11.6. The maximum Gasteiger partial charge on any atom is 0.242 e. The van der Waals surface area contributed by atoms with Crippen LogP contribution in [0.1, 0.15) is 45.6 Å². The number of nitrogens with zero attached hydrogens (tertiary/aromatic N) is 2. The lowest BCUT2D eigenvalue weighted by atomic mass is 10.1. The van der Waals surface area contributed by atoms with Gasteiger partial charge in [0.2, 0.25) is 21.8 Å². The molecule has 7 nitrogen and oxygen atoms in total. The Morgan fingerprint density at radius 2 is 1.69 bits per heavy atom. The first kappa shape index (κ1) is 30.2.